The van der Waals surface area contributed by atoms with Crippen LogP contribution >= 0.6 is 15.8 Å². The van der Waals surface area contributed by atoms with Gasteiger partial charge in [-0.05, 0) is 79.2 Å². The maximum Gasteiger partial charge on any atom is 3.00 e. The van der Waals surface area contributed by atoms with Crippen molar-refractivity contribution in [2.75, 3.05) is 0 Å². The SMILES string of the molecule is C=CC[C-](c1ccccc1)c1ccccc1.[CH-]=O.[CH3-].[Rh+3].c1ccc([PH+](c2ccccc2)c2ccccc2)cc1.c1ccc([PH+](c2ccccc2)c2ccccc2)cc1. The van der Waals surface area contributed by atoms with Crippen molar-refractivity contribution in [3.63, 3.8) is 0 Å². The molecule has 0 aromatic heterocycles. The Balaban J connectivity index is 0.000000225. The van der Waals surface area contributed by atoms with Crippen LogP contribution in [0.1, 0.15) is 17.5 Å². The minimum Gasteiger partial charge on any atom is -0.545 e. The van der Waals surface area contributed by atoms with Crippen LogP contribution in [-0.2, 0) is 24.3 Å². The zero-order chi connectivity index (χ0) is 39.0. The summed E-state index contributed by atoms with van der Waals surface area (Å²) in [5, 5.41) is 8.61. The number of allylic oxidation sites excluding steroid dienone is 1. The van der Waals surface area contributed by atoms with Crippen LogP contribution in [0.3, 0.4) is 0 Å². The van der Waals surface area contributed by atoms with E-state index in [2.05, 4.69) is 244 Å². The maximum atomic E-state index is 7.75. The first-order valence-electron chi connectivity index (χ1n) is 18.7. The van der Waals surface area contributed by atoms with Crippen LogP contribution in [0.2, 0.25) is 0 Å². The van der Waals surface area contributed by atoms with E-state index in [0.29, 0.717) is 0 Å². The maximum absolute atomic E-state index is 7.75. The molecule has 0 amide bonds. The van der Waals surface area contributed by atoms with E-state index in [1.807, 2.05) is 18.2 Å². The molecule has 0 aliphatic rings. The molecule has 0 aliphatic heterocycles. The van der Waals surface area contributed by atoms with Crippen molar-refractivity contribution in [1.82, 2.24) is 0 Å². The molecule has 0 heterocycles. The van der Waals surface area contributed by atoms with E-state index in [0.717, 1.165) is 6.42 Å². The van der Waals surface area contributed by atoms with Gasteiger partial charge in [0.25, 0.3) is 0 Å². The van der Waals surface area contributed by atoms with Crippen molar-refractivity contribution >= 4 is 54.5 Å². The summed E-state index contributed by atoms with van der Waals surface area (Å²) in [6.45, 7) is 7.08. The van der Waals surface area contributed by atoms with E-state index >= 15 is 0 Å². The molecular weight excluding hydrogens is 829 g/mol. The Labute approximate surface area is 362 Å². The Kier molecular flexibility index (Phi) is 22.0. The van der Waals surface area contributed by atoms with Gasteiger partial charge in [0.2, 0.25) is 0 Å². The molecule has 8 rings (SSSR count). The second-order valence-corrected chi connectivity index (χ2v) is 17.6. The predicted molar refractivity (Wildman–Crippen MR) is 255 cm³/mol. The van der Waals surface area contributed by atoms with Gasteiger partial charge in [-0.15, -0.1) is 47.9 Å². The Morgan fingerprint density at radius 3 is 0.707 bits per heavy atom. The second kappa shape index (κ2) is 27.2. The topological polar surface area (TPSA) is 17.1 Å². The fourth-order valence-corrected chi connectivity index (χ4v) is 11.6. The smallest absolute Gasteiger partial charge is 0.545 e. The van der Waals surface area contributed by atoms with Crippen molar-refractivity contribution < 1.29 is 24.3 Å². The number of benzene rings is 8. The average Bonchev–Trinajstić information content (AvgIpc) is 3.30. The normalized spacial score (nSPS) is 9.69. The first-order chi connectivity index (χ1) is 27.8. The van der Waals surface area contributed by atoms with Crippen LogP contribution < -0.4 is 31.8 Å². The monoisotopic (exact) mass is 880 g/mol. The average molecular weight is 881 g/mol. The van der Waals surface area contributed by atoms with Crippen LogP contribution in [0.5, 0.6) is 0 Å². The summed E-state index contributed by atoms with van der Waals surface area (Å²) < 4.78 is 0. The van der Waals surface area contributed by atoms with Gasteiger partial charge < -0.3 is 12.2 Å². The van der Waals surface area contributed by atoms with Gasteiger partial charge in [-0.1, -0.05) is 152 Å². The third kappa shape index (κ3) is 14.2. The van der Waals surface area contributed by atoms with Gasteiger partial charge in [0.15, 0.2) is 0 Å². The van der Waals surface area contributed by atoms with E-state index in [9.17, 15) is 0 Å². The minimum atomic E-state index is -0.877. The summed E-state index contributed by atoms with van der Waals surface area (Å²) in [7, 11) is -1.75. The first kappa shape index (κ1) is 46.9. The molecule has 0 atom stereocenters. The number of rotatable bonds is 10. The summed E-state index contributed by atoms with van der Waals surface area (Å²) >= 11 is 0. The molecule has 0 spiro atoms. The van der Waals surface area contributed by atoms with Crippen molar-refractivity contribution in [3.8, 4) is 0 Å². The van der Waals surface area contributed by atoms with Crippen molar-refractivity contribution in [1.29, 1.82) is 0 Å². The second-order valence-electron chi connectivity index (χ2n) is 12.6. The molecule has 8 aromatic rings. The summed E-state index contributed by atoms with van der Waals surface area (Å²) in [5.74, 6) is 1.33. The largest absolute Gasteiger partial charge is 3.00 e. The summed E-state index contributed by atoms with van der Waals surface area (Å²) in [6, 6.07) is 85.9. The van der Waals surface area contributed by atoms with E-state index < -0.39 is 15.8 Å². The van der Waals surface area contributed by atoms with Crippen molar-refractivity contribution in [2.24, 2.45) is 0 Å². The fourth-order valence-electron chi connectivity index (χ4n) is 6.45. The van der Waals surface area contributed by atoms with Crippen LogP contribution in [0, 0.1) is 13.3 Å². The van der Waals surface area contributed by atoms with E-state index in [1.165, 1.54) is 48.9 Å². The van der Waals surface area contributed by atoms with Gasteiger partial charge in [0.05, 0.1) is 15.8 Å². The van der Waals surface area contributed by atoms with E-state index in [1.54, 1.807) is 0 Å². The molecule has 1 nitrogen and oxygen atoms in total. The van der Waals surface area contributed by atoms with Crippen LogP contribution in [0.4, 0.5) is 0 Å². The van der Waals surface area contributed by atoms with Crippen LogP contribution in [0.15, 0.2) is 255 Å². The molecule has 8 aromatic carbocycles. The third-order valence-corrected chi connectivity index (χ3v) is 14.4. The summed E-state index contributed by atoms with van der Waals surface area (Å²) in [5.41, 5.74) is 2.54. The number of hydrogen-bond acceptors (Lipinski definition) is 1. The first-order valence-corrected chi connectivity index (χ1v) is 21.7. The molecule has 0 saturated carbocycles. The molecule has 0 saturated heterocycles. The molecule has 0 bridgehead atoms. The quantitative estimate of drug-likeness (QED) is 0.0440. The molecule has 0 fully saturated rings. The summed E-state index contributed by atoms with van der Waals surface area (Å²) in [6.07, 6.45) is 2.85. The van der Waals surface area contributed by atoms with Crippen LogP contribution in [0.25, 0.3) is 0 Å². The van der Waals surface area contributed by atoms with E-state index in [4.69, 9.17) is 4.79 Å². The molecule has 4 heteroatoms. The Hall–Kier alpha value is -5.48. The van der Waals surface area contributed by atoms with Gasteiger partial charge in [-0.25, -0.2) is 0 Å². The fraction of sp³-hybridized carbons (Fsp3) is 0.0185. The Morgan fingerprint density at radius 1 is 0.362 bits per heavy atom. The Bertz CT molecular complexity index is 1860. The third-order valence-electron chi connectivity index (χ3n) is 8.97. The standard InChI is InChI=1S/2C18H15P.C16H15.CHO.CH3.Rh/c2*1-4-10-16(11-5-1)19(17-12-6-2-7-13-17)18-14-8-3-9-15-18;1-2-9-16(14-10-5-3-6-11-14)15-12-7-4-8-13-15;1-2;;/h2*1-15H;2-8,10-13H,1,9H2;1H;1H3;/q;;3*-1;+3/p+2. The van der Waals surface area contributed by atoms with Gasteiger partial charge in [-0.3, -0.25) is 6.79 Å². The molecule has 0 unspecified atom stereocenters. The zero-order valence-electron chi connectivity index (χ0n) is 32.9. The summed E-state index contributed by atoms with van der Waals surface area (Å²) in [4.78, 5) is 7.75. The van der Waals surface area contributed by atoms with Gasteiger partial charge in [0, 0.05) is 0 Å². The predicted octanol–water partition coefficient (Wildman–Crippen LogP) is 10.8. The molecule has 0 radical (unpaired) electrons. The molecule has 0 N–H and O–H groups in total. The number of carbonyl (C=O) groups excluding carboxylic acids is 1. The number of hydrogen-bond donors (Lipinski definition) is 0. The molecule has 58 heavy (non-hydrogen) atoms. The zero-order valence-corrected chi connectivity index (χ0v) is 36.5. The van der Waals surface area contributed by atoms with E-state index in [-0.39, 0.29) is 26.9 Å². The van der Waals surface area contributed by atoms with Gasteiger partial charge >= 0.3 is 19.5 Å². The van der Waals surface area contributed by atoms with Gasteiger partial charge in [-0.2, -0.15) is 0 Å². The van der Waals surface area contributed by atoms with Crippen molar-refractivity contribution in [3.05, 3.63) is 280 Å². The molecule has 290 valence electrons. The molecular formula is C54H51OP2Rh+2. The van der Waals surface area contributed by atoms with Crippen molar-refractivity contribution in [2.45, 2.75) is 6.42 Å². The molecule has 0 aliphatic carbocycles. The Morgan fingerprint density at radius 2 is 0.534 bits per heavy atom. The minimum absolute atomic E-state index is 0. The van der Waals surface area contributed by atoms with Crippen LogP contribution in [-0.4, -0.2) is 6.79 Å². The van der Waals surface area contributed by atoms with Gasteiger partial charge in [0.1, 0.15) is 31.8 Å².